The van der Waals surface area contributed by atoms with Crippen LogP contribution in [0.5, 0.6) is 5.75 Å². The number of carbonyl (C=O) groups excluding carboxylic acids is 1. The molecule has 1 aromatic heterocycles. The highest BCUT2D eigenvalue weighted by molar-refractivity contribution is 5.86. The van der Waals surface area contributed by atoms with Gasteiger partial charge in [0.05, 0.1) is 0 Å². The Morgan fingerprint density at radius 3 is 2.60 bits per heavy atom. The first kappa shape index (κ1) is 13.5. The lowest BCUT2D eigenvalue weighted by Gasteiger charge is -2.07. The largest absolute Gasteiger partial charge is 0.487 e. The minimum absolute atomic E-state index is 0.0775. The molecular weight excluding hydrogens is 264 g/mol. The van der Waals surface area contributed by atoms with Crippen molar-refractivity contribution in [2.45, 2.75) is 13.2 Å². The Hall–Kier alpha value is -2.90. The van der Waals surface area contributed by atoms with E-state index in [0.717, 1.165) is 4.68 Å². The van der Waals surface area contributed by atoms with E-state index < -0.39 is 11.9 Å². The van der Waals surface area contributed by atoms with Gasteiger partial charge in [0.2, 0.25) is 5.91 Å². The number of carboxylic acids is 1. The third kappa shape index (κ3) is 3.10. The van der Waals surface area contributed by atoms with Crippen LogP contribution in [-0.2, 0) is 17.9 Å². The third-order valence-electron chi connectivity index (χ3n) is 2.46. The highest BCUT2D eigenvalue weighted by Gasteiger charge is 2.20. The number of aromatic nitrogens is 3. The number of aromatic carboxylic acids is 1. The standard InChI is InChI=1S/C12H12N4O4/c13-10(17)6-16-9(11(12(18)19)14-15-16)7-20-8-4-2-1-3-5-8/h1-5H,6-7H2,(H2,13,17)(H,18,19). The molecule has 1 amide bonds. The van der Waals surface area contributed by atoms with Crippen LogP contribution in [0, 0.1) is 0 Å². The zero-order chi connectivity index (χ0) is 14.5. The molecule has 8 heteroatoms. The molecule has 0 atom stereocenters. The minimum atomic E-state index is -1.24. The summed E-state index contributed by atoms with van der Waals surface area (Å²) in [6.45, 7) is -0.334. The smallest absolute Gasteiger partial charge is 0.358 e. The molecule has 0 aliphatic heterocycles. The van der Waals surface area contributed by atoms with Gasteiger partial charge in [-0.25, -0.2) is 9.48 Å². The molecular formula is C12H12N4O4. The molecule has 20 heavy (non-hydrogen) atoms. The zero-order valence-electron chi connectivity index (χ0n) is 10.4. The van der Waals surface area contributed by atoms with Crippen LogP contribution < -0.4 is 10.5 Å². The van der Waals surface area contributed by atoms with Crippen molar-refractivity contribution in [3.05, 3.63) is 41.7 Å². The summed E-state index contributed by atoms with van der Waals surface area (Å²) in [4.78, 5) is 22.0. The summed E-state index contributed by atoms with van der Waals surface area (Å²) < 4.78 is 6.57. The molecule has 0 aliphatic rings. The van der Waals surface area contributed by atoms with Gasteiger partial charge in [0.1, 0.15) is 24.6 Å². The van der Waals surface area contributed by atoms with Crippen LogP contribution in [0.25, 0.3) is 0 Å². The zero-order valence-corrected chi connectivity index (χ0v) is 10.4. The summed E-state index contributed by atoms with van der Waals surface area (Å²) in [5, 5.41) is 16.1. The van der Waals surface area contributed by atoms with Gasteiger partial charge >= 0.3 is 5.97 Å². The maximum atomic E-state index is 11.0. The average Bonchev–Trinajstić information content (AvgIpc) is 2.80. The van der Waals surface area contributed by atoms with Crippen LogP contribution in [0.4, 0.5) is 0 Å². The van der Waals surface area contributed by atoms with Gasteiger partial charge in [-0.1, -0.05) is 23.4 Å². The average molecular weight is 276 g/mol. The molecule has 1 heterocycles. The van der Waals surface area contributed by atoms with Gasteiger partial charge in [-0.05, 0) is 12.1 Å². The van der Waals surface area contributed by atoms with E-state index in [1.807, 2.05) is 6.07 Å². The number of rotatable bonds is 6. The molecule has 0 fully saturated rings. The molecule has 0 spiro atoms. The minimum Gasteiger partial charge on any atom is -0.487 e. The fraction of sp³-hybridized carbons (Fsp3) is 0.167. The number of carbonyl (C=O) groups is 2. The quantitative estimate of drug-likeness (QED) is 0.768. The number of nitrogens with zero attached hydrogens (tertiary/aromatic N) is 3. The fourth-order valence-corrected chi connectivity index (χ4v) is 1.58. The van der Waals surface area contributed by atoms with Crippen molar-refractivity contribution in [2.75, 3.05) is 0 Å². The lowest BCUT2D eigenvalue weighted by Crippen LogP contribution is -2.22. The Morgan fingerprint density at radius 2 is 2.00 bits per heavy atom. The monoisotopic (exact) mass is 276 g/mol. The van der Waals surface area contributed by atoms with Crippen molar-refractivity contribution in [3.8, 4) is 5.75 Å². The number of primary amides is 1. The normalized spacial score (nSPS) is 10.2. The highest BCUT2D eigenvalue weighted by atomic mass is 16.5. The highest BCUT2D eigenvalue weighted by Crippen LogP contribution is 2.13. The van der Waals surface area contributed by atoms with Gasteiger partial charge < -0.3 is 15.6 Å². The molecule has 0 saturated carbocycles. The van der Waals surface area contributed by atoms with Gasteiger partial charge in [0.15, 0.2) is 5.69 Å². The molecule has 2 rings (SSSR count). The molecule has 0 bridgehead atoms. The molecule has 0 unspecified atom stereocenters. The molecule has 104 valence electrons. The van der Waals surface area contributed by atoms with Crippen molar-refractivity contribution in [2.24, 2.45) is 5.73 Å². The molecule has 0 aliphatic carbocycles. The van der Waals surface area contributed by atoms with Crippen molar-refractivity contribution in [1.29, 1.82) is 0 Å². The van der Waals surface area contributed by atoms with E-state index in [4.69, 9.17) is 15.6 Å². The van der Waals surface area contributed by atoms with E-state index in [-0.39, 0.29) is 24.5 Å². The summed E-state index contributed by atoms with van der Waals surface area (Å²) in [6, 6.07) is 8.85. The van der Waals surface area contributed by atoms with Crippen molar-refractivity contribution in [3.63, 3.8) is 0 Å². The number of hydrogen-bond acceptors (Lipinski definition) is 5. The van der Waals surface area contributed by atoms with Crippen molar-refractivity contribution in [1.82, 2.24) is 15.0 Å². The second kappa shape index (κ2) is 5.83. The first-order chi connectivity index (χ1) is 9.58. The number of hydrogen-bond donors (Lipinski definition) is 2. The van der Waals surface area contributed by atoms with Gasteiger partial charge in [0, 0.05) is 0 Å². The van der Waals surface area contributed by atoms with Gasteiger partial charge in [-0.15, -0.1) is 5.10 Å². The van der Waals surface area contributed by atoms with Crippen LogP contribution in [0.1, 0.15) is 16.2 Å². The number of nitrogens with two attached hydrogens (primary N) is 1. The van der Waals surface area contributed by atoms with E-state index >= 15 is 0 Å². The van der Waals surface area contributed by atoms with Gasteiger partial charge in [-0.2, -0.15) is 0 Å². The van der Waals surface area contributed by atoms with E-state index in [2.05, 4.69) is 10.3 Å². The number of para-hydroxylation sites is 1. The Labute approximate surface area is 113 Å². The topological polar surface area (TPSA) is 120 Å². The van der Waals surface area contributed by atoms with E-state index in [0.29, 0.717) is 5.75 Å². The molecule has 2 aromatic rings. The lowest BCUT2D eigenvalue weighted by molar-refractivity contribution is -0.118. The molecule has 1 aromatic carbocycles. The van der Waals surface area contributed by atoms with Gasteiger partial charge in [-0.3, -0.25) is 4.79 Å². The van der Waals surface area contributed by atoms with E-state index in [1.54, 1.807) is 24.3 Å². The summed E-state index contributed by atoms with van der Waals surface area (Å²) in [5.74, 6) is -1.32. The maximum absolute atomic E-state index is 11.0. The summed E-state index contributed by atoms with van der Waals surface area (Å²) in [6.07, 6.45) is 0. The number of amides is 1. The Kier molecular flexibility index (Phi) is 3.94. The molecule has 0 saturated heterocycles. The summed E-state index contributed by atoms with van der Waals surface area (Å²) in [7, 11) is 0. The number of carboxylic acid groups (broad SMARTS) is 1. The fourth-order valence-electron chi connectivity index (χ4n) is 1.58. The molecule has 3 N–H and O–H groups in total. The van der Waals surface area contributed by atoms with E-state index in [9.17, 15) is 9.59 Å². The third-order valence-corrected chi connectivity index (χ3v) is 2.46. The Bertz CT molecular complexity index is 624. The van der Waals surface area contributed by atoms with Crippen molar-refractivity contribution < 1.29 is 19.4 Å². The number of benzene rings is 1. The second-order valence-corrected chi connectivity index (χ2v) is 3.92. The van der Waals surface area contributed by atoms with Crippen molar-refractivity contribution >= 4 is 11.9 Å². The first-order valence-electron chi connectivity index (χ1n) is 5.69. The second-order valence-electron chi connectivity index (χ2n) is 3.92. The van der Waals surface area contributed by atoms with Crippen LogP contribution in [0.2, 0.25) is 0 Å². The van der Waals surface area contributed by atoms with Crippen LogP contribution >= 0.6 is 0 Å². The van der Waals surface area contributed by atoms with E-state index in [1.165, 1.54) is 0 Å². The molecule has 0 radical (unpaired) electrons. The predicted octanol–water partition coefficient (Wildman–Crippen LogP) is 0.0406. The summed E-state index contributed by atoms with van der Waals surface area (Å²) >= 11 is 0. The van der Waals surface area contributed by atoms with Crippen LogP contribution in [0.3, 0.4) is 0 Å². The SMILES string of the molecule is NC(=O)Cn1nnc(C(=O)O)c1COc1ccccc1. The molecule has 8 nitrogen and oxygen atoms in total. The van der Waals surface area contributed by atoms with Crippen LogP contribution in [0.15, 0.2) is 30.3 Å². The Morgan fingerprint density at radius 1 is 1.30 bits per heavy atom. The Balaban J connectivity index is 2.21. The van der Waals surface area contributed by atoms with Crippen LogP contribution in [-0.4, -0.2) is 32.0 Å². The first-order valence-corrected chi connectivity index (χ1v) is 5.69. The summed E-state index contributed by atoms with van der Waals surface area (Å²) in [5.41, 5.74) is 4.99. The number of ether oxygens (including phenoxy) is 1. The maximum Gasteiger partial charge on any atom is 0.358 e. The predicted molar refractivity (Wildman–Crippen MR) is 66.9 cm³/mol. The van der Waals surface area contributed by atoms with Gasteiger partial charge in [0.25, 0.3) is 0 Å². The lowest BCUT2D eigenvalue weighted by atomic mass is 10.3.